The Morgan fingerprint density at radius 2 is 1.81 bits per heavy atom. The zero-order chi connectivity index (χ0) is 18.8. The Labute approximate surface area is 153 Å². The molecule has 1 aromatic carbocycles. The molecular weight excluding hydrogens is 334 g/mol. The standard InChI is InChI=1S/C19H25N3O4/c1-20-15(18(24)21(2)19(20)25)12-17(23)22-10-8-13(9-11-22)14-6-4-5-7-16(14)26-3/h4-7,13,15H,8-12H2,1-3H3/t15-/m1/s1. The van der Waals surface area contributed by atoms with E-state index < -0.39 is 6.04 Å². The van der Waals surface area contributed by atoms with Crippen LogP contribution >= 0.6 is 0 Å². The van der Waals surface area contributed by atoms with Crippen LogP contribution in [0.5, 0.6) is 5.75 Å². The second-order valence-corrected chi connectivity index (χ2v) is 6.91. The first-order valence-corrected chi connectivity index (χ1v) is 8.89. The summed E-state index contributed by atoms with van der Waals surface area (Å²) in [5, 5.41) is 0. The van der Waals surface area contributed by atoms with Gasteiger partial charge < -0.3 is 14.5 Å². The number of hydrogen-bond donors (Lipinski definition) is 0. The molecule has 1 atom stereocenters. The minimum Gasteiger partial charge on any atom is -0.496 e. The number of likely N-dealkylation sites (tertiary alicyclic amines) is 1. The molecule has 1 aromatic rings. The van der Waals surface area contributed by atoms with Crippen molar-refractivity contribution in [1.29, 1.82) is 0 Å². The molecule has 0 radical (unpaired) electrons. The van der Waals surface area contributed by atoms with E-state index in [1.807, 2.05) is 18.2 Å². The van der Waals surface area contributed by atoms with Crippen LogP contribution in [0.2, 0.25) is 0 Å². The Morgan fingerprint density at radius 1 is 1.15 bits per heavy atom. The van der Waals surface area contributed by atoms with E-state index in [-0.39, 0.29) is 24.3 Å². The molecule has 0 unspecified atom stereocenters. The predicted molar refractivity (Wildman–Crippen MR) is 95.9 cm³/mol. The first-order chi connectivity index (χ1) is 12.4. The number of para-hydroxylation sites is 1. The molecule has 3 rings (SSSR count). The molecule has 4 amide bonds. The van der Waals surface area contributed by atoms with Gasteiger partial charge in [0.2, 0.25) is 5.91 Å². The molecule has 7 heteroatoms. The highest BCUT2D eigenvalue weighted by Gasteiger charge is 2.42. The number of hydrogen-bond acceptors (Lipinski definition) is 4. The number of urea groups is 1. The number of carbonyl (C=O) groups is 3. The fraction of sp³-hybridized carbons (Fsp3) is 0.526. The average molecular weight is 359 g/mol. The van der Waals surface area contributed by atoms with Gasteiger partial charge in [-0.05, 0) is 30.4 Å². The van der Waals surface area contributed by atoms with Crippen LogP contribution in [0.3, 0.4) is 0 Å². The lowest BCUT2D eigenvalue weighted by Gasteiger charge is -2.33. The van der Waals surface area contributed by atoms with Crippen LogP contribution in [0.15, 0.2) is 24.3 Å². The van der Waals surface area contributed by atoms with Crippen LogP contribution in [0, 0.1) is 0 Å². The van der Waals surface area contributed by atoms with Crippen molar-refractivity contribution in [2.24, 2.45) is 0 Å². The van der Waals surface area contributed by atoms with Crippen molar-refractivity contribution in [2.45, 2.75) is 31.2 Å². The van der Waals surface area contributed by atoms with E-state index in [1.165, 1.54) is 17.5 Å². The molecule has 2 fully saturated rings. The van der Waals surface area contributed by atoms with E-state index in [0.717, 1.165) is 23.5 Å². The quantitative estimate of drug-likeness (QED) is 0.767. The van der Waals surface area contributed by atoms with Gasteiger partial charge in [-0.3, -0.25) is 14.5 Å². The van der Waals surface area contributed by atoms with Gasteiger partial charge >= 0.3 is 6.03 Å². The van der Waals surface area contributed by atoms with Crippen LogP contribution < -0.4 is 4.74 Å². The maximum atomic E-state index is 12.6. The van der Waals surface area contributed by atoms with Gasteiger partial charge in [-0.2, -0.15) is 0 Å². The lowest BCUT2D eigenvalue weighted by Crippen LogP contribution is -2.42. The van der Waals surface area contributed by atoms with Crippen molar-refractivity contribution in [3.63, 3.8) is 0 Å². The molecule has 0 bridgehead atoms. The lowest BCUT2D eigenvalue weighted by atomic mass is 9.88. The van der Waals surface area contributed by atoms with Crippen molar-refractivity contribution in [2.75, 3.05) is 34.3 Å². The van der Waals surface area contributed by atoms with Crippen LogP contribution in [-0.4, -0.2) is 72.9 Å². The number of likely N-dealkylation sites (N-methyl/N-ethyl adjacent to an activating group) is 2. The smallest absolute Gasteiger partial charge is 0.326 e. The molecule has 2 aliphatic heterocycles. The van der Waals surface area contributed by atoms with Gasteiger partial charge in [0, 0.05) is 27.2 Å². The van der Waals surface area contributed by atoms with Crippen LogP contribution in [-0.2, 0) is 9.59 Å². The van der Waals surface area contributed by atoms with Gasteiger partial charge in [-0.15, -0.1) is 0 Å². The molecular formula is C19H25N3O4. The average Bonchev–Trinajstić information content (AvgIpc) is 2.86. The molecule has 0 aliphatic carbocycles. The minimum atomic E-state index is -0.688. The summed E-state index contributed by atoms with van der Waals surface area (Å²) in [7, 11) is 4.69. The van der Waals surface area contributed by atoms with Crippen LogP contribution in [0.4, 0.5) is 4.79 Å². The summed E-state index contributed by atoms with van der Waals surface area (Å²) in [6.07, 6.45) is 1.77. The Balaban J connectivity index is 1.59. The van der Waals surface area contributed by atoms with Crippen molar-refractivity contribution >= 4 is 17.8 Å². The molecule has 2 heterocycles. The first kappa shape index (κ1) is 18.2. The highest BCUT2D eigenvalue weighted by atomic mass is 16.5. The molecule has 2 aliphatic rings. The van der Waals surface area contributed by atoms with E-state index >= 15 is 0 Å². The number of methoxy groups -OCH3 is 1. The summed E-state index contributed by atoms with van der Waals surface area (Å²) in [4.78, 5) is 40.8. The number of nitrogens with zero attached hydrogens (tertiary/aromatic N) is 3. The van der Waals surface area contributed by atoms with Crippen molar-refractivity contribution in [3.05, 3.63) is 29.8 Å². The molecule has 0 saturated carbocycles. The van der Waals surface area contributed by atoms with Gasteiger partial charge in [-0.1, -0.05) is 18.2 Å². The van der Waals surface area contributed by atoms with Crippen molar-refractivity contribution < 1.29 is 19.1 Å². The fourth-order valence-electron chi connectivity index (χ4n) is 3.82. The fourth-order valence-corrected chi connectivity index (χ4v) is 3.82. The molecule has 2 saturated heterocycles. The zero-order valence-corrected chi connectivity index (χ0v) is 15.5. The highest BCUT2D eigenvalue weighted by Crippen LogP contribution is 2.34. The maximum absolute atomic E-state index is 12.6. The second kappa shape index (κ2) is 7.35. The Hall–Kier alpha value is -2.57. The lowest BCUT2D eigenvalue weighted by molar-refractivity contribution is -0.137. The summed E-state index contributed by atoms with van der Waals surface area (Å²) in [6, 6.07) is 6.95. The number of imide groups is 1. The minimum absolute atomic E-state index is 0.0464. The van der Waals surface area contributed by atoms with Gasteiger partial charge in [0.25, 0.3) is 5.91 Å². The third-order valence-electron chi connectivity index (χ3n) is 5.47. The largest absolute Gasteiger partial charge is 0.496 e. The third kappa shape index (κ3) is 3.25. The number of benzene rings is 1. The van der Waals surface area contributed by atoms with E-state index in [9.17, 15) is 14.4 Å². The topological polar surface area (TPSA) is 70.2 Å². The Morgan fingerprint density at radius 3 is 2.38 bits per heavy atom. The number of amides is 4. The number of piperidine rings is 1. The normalized spacial score (nSPS) is 21.5. The van der Waals surface area contributed by atoms with Crippen molar-refractivity contribution in [3.8, 4) is 5.75 Å². The van der Waals surface area contributed by atoms with Gasteiger partial charge in [0.1, 0.15) is 11.8 Å². The van der Waals surface area contributed by atoms with Crippen LogP contribution in [0.1, 0.15) is 30.7 Å². The maximum Gasteiger partial charge on any atom is 0.326 e. The van der Waals surface area contributed by atoms with Gasteiger partial charge in [-0.25, -0.2) is 4.79 Å². The number of rotatable bonds is 4. The summed E-state index contributed by atoms with van der Waals surface area (Å²) in [5.41, 5.74) is 1.18. The predicted octanol–water partition coefficient (Wildman–Crippen LogP) is 1.68. The Kier molecular flexibility index (Phi) is 5.15. The van der Waals surface area contributed by atoms with Gasteiger partial charge in [0.15, 0.2) is 0 Å². The summed E-state index contributed by atoms with van der Waals surface area (Å²) < 4.78 is 5.45. The van der Waals surface area contributed by atoms with E-state index in [1.54, 1.807) is 19.1 Å². The molecule has 0 N–H and O–H groups in total. The molecule has 26 heavy (non-hydrogen) atoms. The summed E-state index contributed by atoms with van der Waals surface area (Å²) in [5.74, 6) is 0.863. The first-order valence-electron chi connectivity index (χ1n) is 8.89. The van der Waals surface area contributed by atoms with E-state index in [4.69, 9.17) is 4.74 Å². The van der Waals surface area contributed by atoms with Gasteiger partial charge in [0.05, 0.1) is 13.5 Å². The third-order valence-corrected chi connectivity index (χ3v) is 5.47. The second-order valence-electron chi connectivity index (χ2n) is 6.91. The SMILES string of the molecule is COc1ccccc1C1CCN(C(=O)C[C@@H]2C(=O)N(C)C(=O)N2C)CC1. The zero-order valence-electron chi connectivity index (χ0n) is 15.5. The number of ether oxygens (including phenoxy) is 1. The molecule has 0 aromatic heterocycles. The highest BCUT2D eigenvalue weighted by molar-refractivity contribution is 6.05. The van der Waals surface area contributed by atoms with E-state index in [2.05, 4.69) is 6.07 Å². The summed E-state index contributed by atoms with van der Waals surface area (Å²) in [6.45, 7) is 1.30. The number of carbonyl (C=O) groups excluding carboxylic acids is 3. The summed E-state index contributed by atoms with van der Waals surface area (Å²) >= 11 is 0. The van der Waals surface area contributed by atoms with Crippen LogP contribution in [0.25, 0.3) is 0 Å². The molecule has 140 valence electrons. The Bertz CT molecular complexity index is 712. The molecule has 7 nitrogen and oxygen atoms in total. The van der Waals surface area contributed by atoms with Crippen molar-refractivity contribution in [1.82, 2.24) is 14.7 Å². The van der Waals surface area contributed by atoms with E-state index in [0.29, 0.717) is 19.0 Å². The monoisotopic (exact) mass is 359 g/mol. The molecule has 0 spiro atoms.